The van der Waals surface area contributed by atoms with Crippen LogP contribution in [-0.4, -0.2) is 35.4 Å². The van der Waals surface area contributed by atoms with Gasteiger partial charge in [-0.05, 0) is 26.0 Å². The molecule has 6 nitrogen and oxygen atoms in total. The summed E-state index contributed by atoms with van der Waals surface area (Å²) in [5.41, 5.74) is 3.82. The summed E-state index contributed by atoms with van der Waals surface area (Å²) >= 11 is 5.92. The van der Waals surface area contributed by atoms with Crippen molar-refractivity contribution in [3.05, 3.63) is 35.5 Å². The van der Waals surface area contributed by atoms with E-state index in [-0.39, 0.29) is 0 Å². The van der Waals surface area contributed by atoms with Gasteiger partial charge >= 0.3 is 0 Å². The van der Waals surface area contributed by atoms with Crippen LogP contribution in [0.5, 0.6) is 0 Å². The van der Waals surface area contributed by atoms with Crippen molar-refractivity contribution < 1.29 is 0 Å². The summed E-state index contributed by atoms with van der Waals surface area (Å²) in [5, 5.41) is 12.6. The zero-order valence-corrected chi connectivity index (χ0v) is 12.9. The number of aromatic nitrogens is 6. The Bertz CT molecular complexity index is 746. The largest absolute Gasteiger partial charge is 0.307 e. The van der Waals surface area contributed by atoms with E-state index in [1.807, 2.05) is 23.7 Å². The number of fused-ring (bicyclic) bond motifs is 1. The van der Waals surface area contributed by atoms with Gasteiger partial charge in [-0.3, -0.25) is 0 Å². The first-order valence-corrected chi connectivity index (χ1v) is 7.53. The third kappa shape index (κ3) is 2.51. The van der Waals surface area contributed by atoms with Crippen LogP contribution in [0, 0.1) is 6.92 Å². The molecule has 3 aromatic rings. The van der Waals surface area contributed by atoms with Gasteiger partial charge < -0.3 is 4.57 Å². The second kappa shape index (κ2) is 5.81. The van der Waals surface area contributed by atoms with Crippen molar-refractivity contribution in [1.82, 2.24) is 29.5 Å². The van der Waals surface area contributed by atoms with Gasteiger partial charge in [-0.15, -0.1) is 11.6 Å². The highest BCUT2D eigenvalue weighted by molar-refractivity contribution is 6.17. The lowest BCUT2D eigenvalue weighted by Crippen LogP contribution is -2.11. The summed E-state index contributed by atoms with van der Waals surface area (Å²) < 4.78 is 4.12. The first-order chi connectivity index (χ1) is 10.2. The summed E-state index contributed by atoms with van der Waals surface area (Å²) in [5.74, 6) is 1.51. The van der Waals surface area contributed by atoms with Crippen LogP contribution in [0.4, 0.5) is 0 Å². The molecule has 0 atom stereocenters. The average Bonchev–Trinajstić information content (AvgIpc) is 3.00. The summed E-state index contributed by atoms with van der Waals surface area (Å²) in [6.07, 6.45) is 2.40. The van der Waals surface area contributed by atoms with Crippen LogP contribution in [0.25, 0.3) is 11.2 Å². The molecular formula is C14H17ClN6. The SMILES string of the molecule is CCn1nc(C)c2nc(CCCl)n(Cc3cccnn3)c21. The fourth-order valence-electron chi connectivity index (χ4n) is 2.51. The Balaban J connectivity index is 2.15. The molecule has 0 fully saturated rings. The average molecular weight is 305 g/mol. The van der Waals surface area contributed by atoms with Crippen LogP contribution in [0.1, 0.15) is 24.1 Å². The molecule has 0 spiro atoms. The van der Waals surface area contributed by atoms with E-state index < -0.39 is 0 Å². The minimum Gasteiger partial charge on any atom is -0.307 e. The number of aryl methyl sites for hydroxylation is 3. The molecule has 0 aliphatic rings. The summed E-state index contributed by atoms with van der Waals surface area (Å²) in [7, 11) is 0. The van der Waals surface area contributed by atoms with Gasteiger partial charge in [0.15, 0.2) is 5.65 Å². The smallest absolute Gasteiger partial charge is 0.159 e. The highest BCUT2D eigenvalue weighted by Crippen LogP contribution is 2.21. The fourth-order valence-corrected chi connectivity index (χ4v) is 2.68. The molecule has 3 rings (SSSR count). The van der Waals surface area contributed by atoms with Gasteiger partial charge in [0.05, 0.1) is 17.9 Å². The first kappa shape index (κ1) is 14.0. The zero-order chi connectivity index (χ0) is 14.8. The van der Waals surface area contributed by atoms with Crippen molar-refractivity contribution in [1.29, 1.82) is 0 Å². The Morgan fingerprint density at radius 3 is 2.86 bits per heavy atom. The van der Waals surface area contributed by atoms with Crippen molar-refractivity contribution in [2.24, 2.45) is 0 Å². The van der Waals surface area contributed by atoms with E-state index in [4.69, 9.17) is 16.6 Å². The molecule has 0 saturated heterocycles. The quantitative estimate of drug-likeness (QED) is 0.678. The van der Waals surface area contributed by atoms with E-state index in [0.717, 1.165) is 41.3 Å². The van der Waals surface area contributed by atoms with Gasteiger partial charge in [0.25, 0.3) is 0 Å². The Morgan fingerprint density at radius 1 is 1.33 bits per heavy atom. The molecule has 0 radical (unpaired) electrons. The van der Waals surface area contributed by atoms with E-state index in [1.165, 1.54) is 0 Å². The molecule has 7 heteroatoms. The monoisotopic (exact) mass is 304 g/mol. The first-order valence-electron chi connectivity index (χ1n) is 6.99. The molecule has 110 valence electrons. The summed E-state index contributed by atoms with van der Waals surface area (Å²) in [6.45, 7) is 5.49. The van der Waals surface area contributed by atoms with E-state index >= 15 is 0 Å². The molecule has 0 aliphatic heterocycles. The highest BCUT2D eigenvalue weighted by Gasteiger charge is 2.18. The lowest BCUT2D eigenvalue weighted by atomic mass is 10.3. The van der Waals surface area contributed by atoms with Crippen LogP contribution in [-0.2, 0) is 19.5 Å². The van der Waals surface area contributed by atoms with Gasteiger partial charge in [0, 0.05) is 25.0 Å². The van der Waals surface area contributed by atoms with E-state index in [2.05, 4.69) is 26.8 Å². The maximum absolute atomic E-state index is 5.92. The number of alkyl halides is 1. The van der Waals surface area contributed by atoms with Crippen LogP contribution in [0.15, 0.2) is 18.3 Å². The molecule has 0 amide bonds. The molecule has 21 heavy (non-hydrogen) atoms. The molecule has 3 aromatic heterocycles. The topological polar surface area (TPSA) is 61.4 Å². The third-order valence-electron chi connectivity index (χ3n) is 3.44. The Labute approximate surface area is 127 Å². The van der Waals surface area contributed by atoms with Crippen LogP contribution < -0.4 is 0 Å². The molecule has 0 aliphatic carbocycles. The predicted octanol–water partition coefficient (Wildman–Crippen LogP) is 2.18. The van der Waals surface area contributed by atoms with Crippen LogP contribution >= 0.6 is 11.6 Å². The fraction of sp³-hybridized carbons (Fsp3) is 0.429. The van der Waals surface area contributed by atoms with Crippen molar-refractivity contribution >= 4 is 22.8 Å². The van der Waals surface area contributed by atoms with E-state index in [0.29, 0.717) is 12.4 Å². The lowest BCUT2D eigenvalue weighted by Gasteiger charge is -2.09. The Morgan fingerprint density at radius 2 is 2.19 bits per heavy atom. The van der Waals surface area contributed by atoms with Gasteiger partial charge in [-0.1, -0.05) is 0 Å². The van der Waals surface area contributed by atoms with E-state index in [9.17, 15) is 0 Å². The van der Waals surface area contributed by atoms with Crippen molar-refractivity contribution in [3.8, 4) is 0 Å². The minimum atomic E-state index is 0.540. The number of imidazole rings is 1. The standard InChI is InChI=1S/C14H17ClN6/c1-3-21-14-13(10(2)19-21)17-12(6-7-15)20(14)9-11-5-4-8-16-18-11/h4-5,8H,3,6-7,9H2,1-2H3. The maximum Gasteiger partial charge on any atom is 0.159 e. The Kier molecular flexibility index (Phi) is 3.88. The van der Waals surface area contributed by atoms with Crippen molar-refractivity contribution in [3.63, 3.8) is 0 Å². The highest BCUT2D eigenvalue weighted by atomic mass is 35.5. The van der Waals surface area contributed by atoms with E-state index in [1.54, 1.807) is 6.20 Å². The van der Waals surface area contributed by atoms with Gasteiger partial charge in [-0.2, -0.15) is 15.3 Å². The second-order valence-corrected chi connectivity index (χ2v) is 5.22. The lowest BCUT2D eigenvalue weighted by molar-refractivity contribution is 0.630. The number of halogens is 1. The number of rotatable bonds is 5. The zero-order valence-electron chi connectivity index (χ0n) is 12.1. The van der Waals surface area contributed by atoms with Crippen LogP contribution in [0.2, 0.25) is 0 Å². The molecule has 0 bridgehead atoms. The molecular weight excluding hydrogens is 288 g/mol. The second-order valence-electron chi connectivity index (χ2n) is 4.84. The minimum absolute atomic E-state index is 0.540. The van der Waals surface area contributed by atoms with Gasteiger partial charge in [-0.25, -0.2) is 9.67 Å². The molecule has 0 saturated carbocycles. The third-order valence-corrected chi connectivity index (χ3v) is 3.63. The van der Waals surface area contributed by atoms with Crippen LogP contribution in [0.3, 0.4) is 0 Å². The number of hydrogen-bond donors (Lipinski definition) is 0. The molecule has 0 N–H and O–H groups in total. The van der Waals surface area contributed by atoms with Crippen molar-refractivity contribution in [2.45, 2.75) is 33.4 Å². The molecule has 0 aromatic carbocycles. The summed E-state index contributed by atoms with van der Waals surface area (Å²) in [6, 6.07) is 3.85. The number of nitrogens with zero attached hydrogens (tertiary/aromatic N) is 6. The van der Waals surface area contributed by atoms with Gasteiger partial charge in [0.2, 0.25) is 0 Å². The van der Waals surface area contributed by atoms with Crippen molar-refractivity contribution in [2.75, 3.05) is 5.88 Å². The number of hydrogen-bond acceptors (Lipinski definition) is 4. The maximum atomic E-state index is 5.92. The Hall–Kier alpha value is -1.95. The van der Waals surface area contributed by atoms with Gasteiger partial charge in [0.1, 0.15) is 11.3 Å². The molecule has 0 unspecified atom stereocenters. The normalized spacial score (nSPS) is 11.4. The molecule has 3 heterocycles. The predicted molar refractivity (Wildman–Crippen MR) is 81.5 cm³/mol. The summed E-state index contributed by atoms with van der Waals surface area (Å²) in [4.78, 5) is 4.71.